The summed E-state index contributed by atoms with van der Waals surface area (Å²) in [5, 5.41) is 8.23. The van der Waals surface area contributed by atoms with Gasteiger partial charge in [0, 0.05) is 75.0 Å². The van der Waals surface area contributed by atoms with Crippen molar-refractivity contribution in [1.82, 2.24) is 29.3 Å². The smallest absolute Gasteiger partial charge is 0.439 e. The van der Waals surface area contributed by atoms with Gasteiger partial charge in [0.1, 0.15) is 6.33 Å². The second-order valence-corrected chi connectivity index (χ2v) is 9.47. The molecule has 12 heteroatoms. The Bertz CT molecular complexity index is 1990. The fourth-order valence-corrected chi connectivity index (χ4v) is 5.05. The first-order valence-electron chi connectivity index (χ1n) is 13.0. The van der Waals surface area contributed by atoms with E-state index in [-0.39, 0.29) is 62.7 Å². The number of hydrogen-bond donors (Lipinski definition) is 1. The van der Waals surface area contributed by atoms with Crippen molar-refractivity contribution in [1.29, 1.82) is 0 Å². The zero-order valence-electron chi connectivity index (χ0n) is 23.3. The van der Waals surface area contributed by atoms with Crippen molar-refractivity contribution in [3.8, 4) is 34.0 Å². The van der Waals surface area contributed by atoms with E-state index in [1.54, 1.807) is 10.6 Å². The van der Waals surface area contributed by atoms with E-state index in [0.717, 1.165) is 34.4 Å². The van der Waals surface area contributed by atoms with Crippen molar-refractivity contribution in [3.63, 3.8) is 0 Å². The van der Waals surface area contributed by atoms with E-state index in [4.69, 9.17) is 9.26 Å². The van der Waals surface area contributed by atoms with E-state index in [2.05, 4.69) is 20.2 Å². The Kier molecular flexibility index (Phi) is 8.99. The van der Waals surface area contributed by atoms with Crippen LogP contribution in [0.25, 0.3) is 34.0 Å². The van der Waals surface area contributed by atoms with Gasteiger partial charge in [0.2, 0.25) is 5.78 Å². The fraction of sp³-hybridized carbons (Fsp3) is 0.167. The van der Waals surface area contributed by atoms with Gasteiger partial charge in [0.25, 0.3) is 5.56 Å². The van der Waals surface area contributed by atoms with Gasteiger partial charge in [0.15, 0.2) is 17.4 Å². The van der Waals surface area contributed by atoms with Crippen molar-refractivity contribution in [2.45, 2.75) is 26.2 Å². The molecule has 3 heterocycles. The summed E-state index contributed by atoms with van der Waals surface area (Å²) < 4.78 is 27.4. The van der Waals surface area contributed by atoms with Gasteiger partial charge >= 0.3 is 5.76 Å². The van der Waals surface area contributed by atoms with Crippen LogP contribution in [0.15, 0.2) is 87.2 Å². The minimum atomic E-state index is -0.625. The van der Waals surface area contributed by atoms with Crippen LogP contribution in [0.3, 0.4) is 0 Å². The Morgan fingerprint density at radius 1 is 1.02 bits per heavy atom. The van der Waals surface area contributed by atoms with Crippen LogP contribution in [0.2, 0.25) is 0 Å². The molecular formula is C30H25FKN6O4. The van der Waals surface area contributed by atoms with Crippen LogP contribution in [0.1, 0.15) is 30.2 Å². The molecule has 0 spiro atoms. The summed E-state index contributed by atoms with van der Waals surface area (Å²) in [7, 11) is 1.39. The number of H-pyrrole nitrogens is 1. The predicted octanol–water partition coefficient (Wildman–Crippen LogP) is 4.20. The molecule has 0 aliphatic carbocycles. The standard InChI is InChI=1S/C30H25FN6O4.K/c1-3-6-25-23(28(38)36(29-32-17-33-37(25)29)20-13-14-26(40-2)24(31)16-20)15-18-9-11-19(12-10-18)21-7-4-5-8-22(21)27-34-30(39)41-35-27;/h4-5,7-14,16-17H,3,6,15H2,1-2H3,(H,34,35,39);. The number of nitrogens with one attached hydrogen (secondary N) is 1. The molecule has 3 aromatic carbocycles. The molecule has 0 aliphatic heterocycles. The van der Waals surface area contributed by atoms with Crippen molar-refractivity contribution in [3.05, 3.63) is 117 Å². The first-order valence-corrected chi connectivity index (χ1v) is 13.0. The van der Waals surface area contributed by atoms with Gasteiger partial charge in [-0.3, -0.25) is 14.3 Å². The number of ether oxygens (including phenoxy) is 1. The second kappa shape index (κ2) is 12.7. The number of aromatic amines is 1. The maximum Gasteiger partial charge on any atom is 0.439 e. The fourth-order valence-electron chi connectivity index (χ4n) is 5.05. The molecule has 1 N–H and O–H groups in total. The number of fused-ring (bicyclic) bond motifs is 1. The Morgan fingerprint density at radius 2 is 1.79 bits per heavy atom. The molecule has 3 aromatic heterocycles. The molecule has 0 bridgehead atoms. The van der Waals surface area contributed by atoms with Gasteiger partial charge in [-0.1, -0.05) is 67.0 Å². The Balaban J connectivity index is 0.00000353. The summed E-state index contributed by atoms with van der Waals surface area (Å²) in [5.41, 5.74) is 4.75. The first kappa shape index (κ1) is 29.8. The van der Waals surface area contributed by atoms with Crippen molar-refractivity contribution < 1.29 is 13.7 Å². The molecule has 10 nitrogen and oxygen atoms in total. The molecule has 6 aromatic rings. The summed E-state index contributed by atoms with van der Waals surface area (Å²) in [6, 6.07) is 19.7. The van der Waals surface area contributed by atoms with E-state index in [1.165, 1.54) is 30.1 Å². The zero-order chi connectivity index (χ0) is 28.5. The summed E-state index contributed by atoms with van der Waals surface area (Å²) in [6.07, 6.45) is 3.13. The Labute approximate surface area is 281 Å². The van der Waals surface area contributed by atoms with Gasteiger partial charge in [-0.25, -0.2) is 18.3 Å². The van der Waals surface area contributed by atoms with Gasteiger partial charge in [0.05, 0.1) is 18.5 Å². The monoisotopic (exact) mass is 591 g/mol. The summed E-state index contributed by atoms with van der Waals surface area (Å²) in [5.74, 6) is -0.474. The number of benzene rings is 3. The number of nitrogens with zero attached hydrogens (tertiary/aromatic N) is 5. The van der Waals surface area contributed by atoms with Crippen LogP contribution in [0.5, 0.6) is 5.75 Å². The van der Waals surface area contributed by atoms with Crippen LogP contribution >= 0.6 is 0 Å². The van der Waals surface area contributed by atoms with Crippen LogP contribution in [-0.4, -0.2) is 87.8 Å². The molecule has 0 fully saturated rings. The minimum absolute atomic E-state index is 0. The molecule has 0 saturated heterocycles. The van der Waals surface area contributed by atoms with Gasteiger partial charge < -0.3 is 4.74 Å². The third-order valence-electron chi connectivity index (χ3n) is 6.94. The van der Waals surface area contributed by atoms with Crippen molar-refractivity contribution in [2.24, 2.45) is 0 Å². The molecule has 0 amide bonds. The van der Waals surface area contributed by atoms with E-state index in [1.807, 2.05) is 55.5 Å². The van der Waals surface area contributed by atoms with E-state index >= 15 is 0 Å². The second-order valence-electron chi connectivity index (χ2n) is 9.47. The third kappa shape index (κ3) is 5.55. The molecular weight excluding hydrogens is 566 g/mol. The number of rotatable bonds is 8. The average Bonchev–Trinajstić information content (AvgIpc) is 3.65. The summed E-state index contributed by atoms with van der Waals surface area (Å²) in [6.45, 7) is 2.03. The minimum Gasteiger partial charge on any atom is -0.494 e. The number of methoxy groups -OCH3 is 1. The molecule has 1 radical (unpaired) electrons. The van der Waals surface area contributed by atoms with Gasteiger partial charge in [-0.15, -0.1) is 0 Å². The first-order chi connectivity index (χ1) is 20.0. The van der Waals surface area contributed by atoms with Gasteiger partial charge in [-0.05, 0) is 35.2 Å². The average molecular weight is 592 g/mol. The predicted molar refractivity (Wildman–Crippen MR) is 156 cm³/mol. The topological polar surface area (TPSA) is 120 Å². The summed E-state index contributed by atoms with van der Waals surface area (Å²) in [4.78, 5) is 32.5. The quantitative estimate of drug-likeness (QED) is 0.264. The molecule has 0 saturated carbocycles. The third-order valence-corrected chi connectivity index (χ3v) is 6.94. The zero-order valence-corrected chi connectivity index (χ0v) is 26.4. The number of aromatic nitrogens is 6. The molecule has 6 rings (SSSR count). The molecule has 0 aliphatic rings. The molecule has 42 heavy (non-hydrogen) atoms. The van der Waals surface area contributed by atoms with Crippen LogP contribution in [0, 0.1) is 5.82 Å². The van der Waals surface area contributed by atoms with Gasteiger partial charge in [-0.2, -0.15) is 10.1 Å². The maximum atomic E-state index is 14.6. The molecule has 0 unspecified atom stereocenters. The van der Waals surface area contributed by atoms with E-state index in [9.17, 15) is 14.0 Å². The van der Waals surface area contributed by atoms with E-state index < -0.39 is 11.6 Å². The molecule has 207 valence electrons. The largest absolute Gasteiger partial charge is 0.494 e. The number of halogens is 1. The van der Waals surface area contributed by atoms with E-state index in [0.29, 0.717) is 35.7 Å². The van der Waals surface area contributed by atoms with Crippen LogP contribution in [0.4, 0.5) is 4.39 Å². The number of hydrogen-bond acceptors (Lipinski definition) is 7. The Morgan fingerprint density at radius 3 is 2.45 bits per heavy atom. The van der Waals surface area contributed by atoms with Crippen LogP contribution < -0.4 is 16.1 Å². The maximum absolute atomic E-state index is 14.6. The number of aryl methyl sites for hydroxylation is 1. The summed E-state index contributed by atoms with van der Waals surface area (Å²) >= 11 is 0. The molecule has 0 atom stereocenters. The van der Waals surface area contributed by atoms with Crippen molar-refractivity contribution >= 4 is 57.2 Å². The van der Waals surface area contributed by atoms with Crippen molar-refractivity contribution in [2.75, 3.05) is 7.11 Å². The Hall–Kier alpha value is -3.68. The normalized spacial score (nSPS) is 11.0. The van der Waals surface area contributed by atoms with Crippen LogP contribution in [-0.2, 0) is 12.8 Å². The SMILES string of the molecule is CCCc1c(Cc2ccc(-c3ccccc3-c3noc(=O)[nH]3)cc2)c(=O)n(-c2ccc(OC)c(F)c2)c2ncnn12.[K].